The van der Waals surface area contributed by atoms with Crippen LogP contribution in [0, 0.1) is 29.6 Å². The highest BCUT2D eigenvalue weighted by Crippen LogP contribution is 2.27. The van der Waals surface area contributed by atoms with E-state index in [4.69, 9.17) is 14.2 Å². The van der Waals surface area contributed by atoms with Crippen molar-refractivity contribution in [3.8, 4) is 0 Å². The number of aliphatic hydroxyl groups is 3. The van der Waals surface area contributed by atoms with Gasteiger partial charge >= 0.3 is 5.97 Å². The number of hydrogen-bond acceptors (Lipinski definition) is 8. The second-order valence-corrected chi connectivity index (χ2v) is 11.6. The van der Waals surface area contributed by atoms with E-state index in [1.165, 1.54) is 20.3 Å². The number of ketones is 1. The highest BCUT2D eigenvalue weighted by atomic mass is 16.6. The number of cyclic esters (lactones) is 1. The maximum Gasteiger partial charge on any atom is 0.373 e. The van der Waals surface area contributed by atoms with Crippen LogP contribution in [-0.2, 0) is 23.8 Å². The largest absolute Gasteiger partial charge is 0.490 e. The zero-order valence-corrected chi connectivity index (χ0v) is 26.4. The van der Waals surface area contributed by atoms with E-state index in [-0.39, 0.29) is 29.3 Å². The first-order valence-corrected chi connectivity index (χ1v) is 14.4. The van der Waals surface area contributed by atoms with E-state index in [0.29, 0.717) is 6.42 Å². The van der Waals surface area contributed by atoms with Crippen LogP contribution in [0.15, 0.2) is 59.4 Å². The highest BCUT2D eigenvalue weighted by molar-refractivity contribution is 5.92. The number of rotatable bonds is 9. The van der Waals surface area contributed by atoms with Crippen LogP contribution in [0.5, 0.6) is 0 Å². The summed E-state index contributed by atoms with van der Waals surface area (Å²) >= 11 is 0. The summed E-state index contributed by atoms with van der Waals surface area (Å²) in [4.78, 5) is 26.2. The molecule has 0 saturated heterocycles. The van der Waals surface area contributed by atoms with Gasteiger partial charge in [-0.1, -0.05) is 76.1 Å². The third-order valence-corrected chi connectivity index (χ3v) is 7.93. The molecule has 0 bridgehead atoms. The summed E-state index contributed by atoms with van der Waals surface area (Å²) in [6.45, 7) is 14.5. The molecule has 0 aromatic heterocycles. The van der Waals surface area contributed by atoms with E-state index in [2.05, 4.69) is 0 Å². The third kappa shape index (κ3) is 11.3. The minimum absolute atomic E-state index is 0.000220. The molecule has 0 fully saturated rings. The molecule has 1 aliphatic heterocycles. The highest BCUT2D eigenvalue weighted by Gasteiger charge is 2.38. The molecule has 0 saturated carbocycles. The average molecular weight is 577 g/mol. The molecular formula is C33H52O8. The topological polar surface area (TPSA) is 123 Å². The molecule has 10 unspecified atom stereocenters. The summed E-state index contributed by atoms with van der Waals surface area (Å²) in [5.41, 5.74) is 1.78. The number of allylic oxidation sites excluding steroid dienone is 6. The number of hydrogen-bond donors (Lipinski definition) is 3. The molecule has 0 amide bonds. The van der Waals surface area contributed by atoms with Gasteiger partial charge in [0.2, 0.25) is 5.76 Å². The number of esters is 1. The molecule has 0 aromatic carbocycles. The van der Waals surface area contributed by atoms with Crippen molar-refractivity contribution in [3.05, 3.63) is 59.4 Å². The van der Waals surface area contributed by atoms with Crippen LogP contribution in [0.3, 0.4) is 0 Å². The lowest BCUT2D eigenvalue weighted by atomic mass is 9.84. The van der Waals surface area contributed by atoms with Gasteiger partial charge in [0.05, 0.1) is 25.4 Å². The molecule has 8 nitrogen and oxygen atoms in total. The first-order valence-electron chi connectivity index (χ1n) is 14.4. The van der Waals surface area contributed by atoms with Crippen molar-refractivity contribution in [2.45, 2.75) is 92.3 Å². The maximum atomic E-state index is 13.3. The lowest BCUT2D eigenvalue weighted by Gasteiger charge is -2.33. The van der Waals surface area contributed by atoms with Crippen molar-refractivity contribution >= 4 is 11.8 Å². The molecule has 10 atom stereocenters. The minimum atomic E-state index is -1.17. The third-order valence-electron chi connectivity index (χ3n) is 7.93. The summed E-state index contributed by atoms with van der Waals surface area (Å²) in [7, 11) is 2.85. The van der Waals surface area contributed by atoms with E-state index in [9.17, 15) is 24.9 Å². The van der Waals surface area contributed by atoms with Crippen molar-refractivity contribution in [1.82, 2.24) is 0 Å². The van der Waals surface area contributed by atoms with Crippen LogP contribution in [0.25, 0.3) is 0 Å². The zero-order chi connectivity index (χ0) is 31.4. The van der Waals surface area contributed by atoms with Gasteiger partial charge in [-0.15, -0.1) is 0 Å². The van der Waals surface area contributed by atoms with Gasteiger partial charge in [-0.3, -0.25) is 4.79 Å². The van der Waals surface area contributed by atoms with Gasteiger partial charge in [0.15, 0.2) is 5.78 Å². The van der Waals surface area contributed by atoms with Crippen LogP contribution in [0.4, 0.5) is 0 Å². The molecule has 0 aliphatic carbocycles. The Balaban J connectivity index is 3.49. The second-order valence-electron chi connectivity index (χ2n) is 11.6. The van der Waals surface area contributed by atoms with Gasteiger partial charge in [0.25, 0.3) is 0 Å². The van der Waals surface area contributed by atoms with Gasteiger partial charge in [-0.05, 0) is 45.3 Å². The Hall–Kier alpha value is -2.52. The predicted octanol–water partition coefficient (Wildman–Crippen LogP) is 4.70. The van der Waals surface area contributed by atoms with Gasteiger partial charge in [0.1, 0.15) is 12.2 Å². The molecule has 1 aliphatic rings. The Bertz CT molecular complexity index is 1000. The molecule has 0 radical (unpaired) electrons. The van der Waals surface area contributed by atoms with Gasteiger partial charge in [0, 0.05) is 30.8 Å². The number of ether oxygens (including phenoxy) is 3. The Labute approximate surface area is 246 Å². The summed E-state index contributed by atoms with van der Waals surface area (Å²) in [6, 6.07) is 0. The summed E-state index contributed by atoms with van der Waals surface area (Å²) in [5, 5.41) is 31.8. The monoisotopic (exact) mass is 576 g/mol. The van der Waals surface area contributed by atoms with E-state index in [1.807, 2.05) is 45.9 Å². The van der Waals surface area contributed by atoms with E-state index in [0.717, 1.165) is 11.1 Å². The van der Waals surface area contributed by atoms with Crippen LogP contribution in [0.1, 0.15) is 61.8 Å². The fourth-order valence-corrected chi connectivity index (χ4v) is 4.87. The summed E-state index contributed by atoms with van der Waals surface area (Å²) in [5.74, 6) is -2.98. The molecule has 232 valence electrons. The molecular weight excluding hydrogens is 524 g/mol. The lowest BCUT2D eigenvalue weighted by molar-refractivity contribution is -0.162. The standard InChI is InChI=1S/C33H52O8/c1-19-12-11-13-28(39-9)32(25(7)31(37)24(6)27(35)15-14-21(3)26(8)34)41-33(38)29(40-10)18-20(2)17-23(5)30(36)22(4)16-19/h11-15,17-18,21-26,28,30-32,34,36-37H,16H2,1-10H3/b13-11-,15-14+,19-12+,20-17+,29-18+. The Morgan fingerprint density at radius 3 is 2.32 bits per heavy atom. The average Bonchev–Trinajstić information content (AvgIpc) is 2.92. The number of carbonyl (C=O) groups is 2. The smallest absolute Gasteiger partial charge is 0.373 e. The van der Waals surface area contributed by atoms with Crippen LogP contribution in [0.2, 0.25) is 0 Å². The van der Waals surface area contributed by atoms with Crippen LogP contribution >= 0.6 is 0 Å². The lowest BCUT2D eigenvalue weighted by Crippen LogP contribution is -2.45. The van der Waals surface area contributed by atoms with Gasteiger partial charge in [-0.2, -0.15) is 0 Å². The molecule has 0 spiro atoms. The second kappa shape index (κ2) is 17.4. The summed E-state index contributed by atoms with van der Waals surface area (Å²) in [6.07, 6.45) is 8.56. The molecule has 3 N–H and O–H groups in total. The van der Waals surface area contributed by atoms with Crippen molar-refractivity contribution in [3.63, 3.8) is 0 Å². The molecule has 0 aromatic rings. The number of methoxy groups -OCH3 is 2. The SMILES string of the molecule is CO/C1=C/C(C)=C/C(C)C(O)C(C)C/C(C)=C/C=C\C(OC)C(C(C)C(O)C(C)C(=O)/C=C/C(C)C(C)O)OC1=O. The van der Waals surface area contributed by atoms with Gasteiger partial charge in [-0.25, -0.2) is 4.79 Å². The first kappa shape index (κ1) is 36.5. The van der Waals surface area contributed by atoms with Crippen LogP contribution < -0.4 is 0 Å². The minimum Gasteiger partial charge on any atom is -0.490 e. The predicted molar refractivity (Wildman–Crippen MR) is 161 cm³/mol. The van der Waals surface area contributed by atoms with Gasteiger partial charge < -0.3 is 29.5 Å². The Kier molecular flexibility index (Phi) is 15.5. The molecule has 1 rings (SSSR count). The van der Waals surface area contributed by atoms with Crippen molar-refractivity contribution in [1.29, 1.82) is 0 Å². The van der Waals surface area contributed by atoms with Crippen LogP contribution in [-0.4, -0.2) is 71.8 Å². The quantitative estimate of drug-likeness (QED) is 0.267. The summed E-state index contributed by atoms with van der Waals surface area (Å²) < 4.78 is 17.0. The molecule has 1 heterocycles. The Morgan fingerprint density at radius 1 is 1.12 bits per heavy atom. The van der Waals surface area contributed by atoms with E-state index < -0.39 is 48.3 Å². The van der Waals surface area contributed by atoms with Crippen molar-refractivity contribution in [2.24, 2.45) is 29.6 Å². The van der Waals surface area contributed by atoms with E-state index in [1.54, 1.807) is 45.9 Å². The Morgan fingerprint density at radius 2 is 1.76 bits per heavy atom. The maximum absolute atomic E-state index is 13.3. The fraction of sp³-hybridized carbons (Fsp3) is 0.636. The number of aliphatic hydroxyl groups excluding tert-OH is 3. The first-order chi connectivity index (χ1) is 19.1. The molecule has 41 heavy (non-hydrogen) atoms. The van der Waals surface area contributed by atoms with Crippen molar-refractivity contribution in [2.75, 3.05) is 14.2 Å². The fourth-order valence-electron chi connectivity index (χ4n) is 4.87. The number of carbonyl (C=O) groups excluding carboxylic acids is 2. The van der Waals surface area contributed by atoms with Crippen molar-refractivity contribution < 1.29 is 39.1 Å². The van der Waals surface area contributed by atoms with E-state index >= 15 is 0 Å². The molecule has 8 heteroatoms. The normalized spacial score (nSPS) is 33.5. The zero-order valence-electron chi connectivity index (χ0n) is 26.4.